The molecule has 1 N–H and O–H groups in total. The van der Waals surface area contributed by atoms with Gasteiger partial charge in [0.05, 0.1) is 17.9 Å². The second kappa shape index (κ2) is 7.70. The molecule has 2 unspecified atom stereocenters. The molecule has 0 radical (unpaired) electrons. The van der Waals surface area contributed by atoms with Crippen molar-refractivity contribution in [3.8, 4) is 6.07 Å². The molecule has 130 valence electrons. The Morgan fingerprint density at radius 2 is 2.24 bits per heavy atom. The average Bonchev–Trinajstić information content (AvgIpc) is 3.00. The van der Waals surface area contributed by atoms with Crippen molar-refractivity contribution in [2.45, 2.75) is 32.6 Å². The van der Waals surface area contributed by atoms with Gasteiger partial charge < -0.3 is 4.74 Å². The van der Waals surface area contributed by atoms with Gasteiger partial charge >= 0.3 is 0 Å². The van der Waals surface area contributed by atoms with Gasteiger partial charge in [0.2, 0.25) is 0 Å². The number of carbonyl (C=O) groups is 1. The van der Waals surface area contributed by atoms with Crippen LogP contribution in [0.15, 0.2) is 23.7 Å². The summed E-state index contributed by atoms with van der Waals surface area (Å²) in [5.74, 6) is -0.298. The highest BCUT2D eigenvalue weighted by molar-refractivity contribution is 7.13. The summed E-state index contributed by atoms with van der Waals surface area (Å²) in [6.45, 7) is 6.62. The molecule has 0 saturated carbocycles. The van der Waals surface area contributed by atoms with Crippen LogP contribution in [0.1, 0.15) is 35.6 Å². The zero-order valence-electron chi connectivity index (χ0n) is 14.1. The summed E-state index contributed by atoms with van der Waals surface area (Å²) >= 11 is 1.39. The lowest BCUT2D eigenvalue weighted by Gasteiger charge is -2.34. The van der Waals surface area contributed by atoms with Crippen molar-refractivity contribution in [2.75, 3.05) is 18.4 Å². The number of thiazole rings is 1. The summed E-state index contributed by atoms with van der Waals surface area (Å²) in [4.78, 5) is 22.9. The summed E-state index contributed by atoms with van der Waals surface area (Å²) in [5.41, 5.74) is 1.52. The Morgan fingerprint density at radius 3 is 2.96 bits per heavy atom. The van der Waals surface area contributed by atoms with Crippen LogP contribution in [-0.4, -0.2) is 46.1 Å². The van der Waals surface area contributed by atoms with E-state index in [1.54, 1.807) is 6.07 Å². The Hall–Kier alpha value is -2.34. The summed E-state index contributed by atoms with van der Waals surface area (Å²) in [5, 5.41) is 14.1. The van der Waals surface area contributed by atoms with Gasteiger partial charge in [0.1, 0.15) is 11.8 Å². The predicted octanol–water partition coefficient (Wildman–Crippen LogP) is 2.27. The highest BCUT2D eigenvalue weighted by atomic mass is 32.1. The number of rotatable bonds is 4. The molecule has 25 heavy (non-hydrogen) atoms. The van der Waals surface area contributed by atoms with Crippen LogP contribution in [-0.2, 0) is 11.3 Å². The first-order valence-corrected chi connectivity index (χ1v) is 8.91. The molecule has 7 nitrogen and oxygen atoms in total. The first-order valence-electron chi connectivity index (χ1n) is 8.03. The van der Waals surface area contributed by atoms with E-state index in [4.69, 9.17) is 10.00 Å². The molecule has 1 aliphatic heterocycles. The van der Waals surface area contributed by atoms with Gasteiger partial charge in [-0.1, -0.05) is 0 Å². The minimum atomic E-state index is -0.298. The van der Waals surface area contributed by atoms with Crippen molar-refractivity contribution in [2.24, 2.45) is 0 Å². The quantitative estimate of drug-likeness (QED) is 0.902. The molecule has 1 aliphatic rings. The Balaban J connectivity index is 1.61. The van der Waals surface area contributed by atoms with E-state index < -0.39 is 0 Å². The fourth-order valence-electron chi connectivity index (χ4n) is 2.88. The van der Waals surface area contributed by atoms with Gasteiger partial charge in [-0.25, -0.2) is 9.97 Å². The van der Waals surface area contributed by atoms with Crippen molar-refractivity contribution in [3.05, 3.63) is 40.7 Å². The van der Waals surface area contributed by atoms with Crippen LogP contribution in [0, 0.1) is 11.3 Å². The third kappa shape index (κ3) is 4.60. The lowest BCUT2D eigenvalue weighted by atomic mass is 10.2. The number of pyridine rings is 1. The van der Waals surface area contributed by atoms with Crippen molar-refractivity contribution < 1.29 is 9.53 Å². The third-order valence-corrected chi connectivity index (χ3v) is 4.60. The van der Waals surface area contributed by atoms with Gasteiger partial charge in [-0.2, -0.15) is 5.26 Å². The number of amides is 1. The van der Waals surface area contributed by atoms with E-state index in [0.717, 1.165) is 25.3 Å². The van der Waals surface area contributed by atoms with Crippen LogP contribution in [0.3, 0.4) is 0 Å². The average molecular weight is 357 g/mol. The van der Waals surface area contributed by atoms with E-state index in [0.29, 0.717) is 10.7 Å². The maximum atomic E-state index is 12.3. The van der Waals surface area contributed by atoms with E-state index >= 15 is 0 Å². The SMILES string of the molecule is CC1CN(Cc2csc(NC(=O)c3ccnc(C#N)c3)n2)CC(C)O1. The summed E-state index contributed by atoms with van der Waals surface area (Å²) < 4.78 is 5.74. The number of anilines is 1. The highest BCUT2D eigenvalue weighted by Gasteiger charge is 2.22. The smallest absolute Gasteiger partial charge is 0.257 e. The number of aromatic nitrogens is 2. The summed E-state index contributed by atoms with van der Waals surface area (Å²) in [7, 11) is 0. The topological polar surface area (TPSA) is 91.1 Å². The monoisotopic (exact) mass is 357 g/mol. The Kier molecular flexibility index (Phi) is 5.38. The minimum absolute atomic E-state index is 0.211. The number of hydrogen-bond donors (Lipinski definition) is 1. The Bertz CT molecular complexity index is 790. The molecular weight excluding hydrogens is 338 g/mol. The first-order chi connectivity index (χ1) is 12.0. The highest BCUT2D eigenvalue weighted by Crippen LogP contribution is 2.20. The number of morpholine rings is 1. The number of ether oxygens (including phenoxy) is 1. The number of hydrogen-bond acceptors (Lipinski definition) is 7. The third-order valence-electron chi connectivity index (χ3n) is 3.79. The van der Waals surface area contributed by atoms with E-state index in [2.05, 4.69) is 34.0 Å². The number of nitrogens with zero attached hydrogens (tertiary/aromatic N) is 4. The molecule has 3 rings (SSSR count). The second-order valence-corrected chi connectivity index (χ2v) is 6.95. The normalized spacial score (nSPS) is 20.8. The van der Waals surface area contributed by atoms with Crippen LogP contribution in [0.25, 0.3) is 0 Å². The van der Waals surface area contributed by atoms with Crippen LogP contribution < -0.4 is 5.32 Å². The Labute approximate surface area is 150 Å². The lowest BCUT2D eigenvalue weighted by molar-refractivity contribution is -0.0707. The van der Waals surface area contributed by atoms with Crippen LogP contribution in [0.2, 0.25) is 0 Å². The van der Waals surface area contributed by atoms with E-state index in [1.165, 1.54) is 23.6 Å². The molecule has 0 bridgehead atoms. The van der Waals surface area contributed by atoms with E-state index in [9.17, 15) is 4.79 Å². The molecule has 0 aromatic carbocycles. The molecule has 2 atom stereocenters. The maximum Gasteiger partial charge on any atom is 0.257 e. The zero-order valence-corrected chi connectivity index (χ0v) is 14.9. The van der Waals surface area contributed by atoms with Crippen LogP contribution >= 0.6 is 11.3 Å². The maximum absolute atomic E-state index is 12.3. The molecule has 2 aromatic rings. The fourth-order valence-corrected chi connectivity index (χ4v) is 3.58. The molecule has 0 spiro atoms. The van der Waals surface area contributed by atoms with Gasteiger partial charge in [-0.05, 0) is 26.0 Å². The molecule has 1 amide bonds. The molecule has 0 aliphatic carbocycles. The van der Waals surface area contributed by atoms with Crippen LogP contribution in [0.4, 0.5) is 5.13 Å². The lowest BCUT2D eigenvalue weighted by Crippen LogP contribution is -2.44. The van der Waals surface area contributed by atoms with Gasteiger partial charge in [0.15, 0.2) is 5.13 Å². The molecule has 2 aromatic heterocycles. The standard InChI is InChI=1S/C17H19N5O2S/c1-11-7-22(8-12(2)24-11)9-15-10-25-17(20-15)21-16(23)13-3-4-19-14(5-13)6-18/h3-5,10-12H,7-9H2,1-2H3,(H,20,21,23). The number of carbonyl (C=O) groups excluding carboxylic acids is 1. The van der Waals surface area contributed by atoms with Crippen molar-refractivity contribution in [1.29, 1.82) is 5.26 Å². The Morgan fingerprint density at radius 1 is 1.48 bits per heavy atom. The van der Waals surface area contributed by atoms with Gasteiger partial charge in [0.25, 0.3) is 5.91 Å². The second-order valence-electron chi connectivity index (χ2n) is 6.09. The van der Waals surface area contributed by atoms with Gasteiger partial charge in [0, 0.05) is 36.8 Å². The number of nitriles is 1. The minimum Gasteiger partial charge on any atom is -0.373 e. The molecular formula is C17H19N5O2S. The van der Waals surface area contributed by atoms with E-state index in [1.807, 2.05) is 11.4 Å². The molecule has 8 heteroatoms. The molecule has 3 heterocycles. The zero-order chi connectivity index (χ0) is 17.8. The summed E-state index contributed by atoms with van der Waals surface area (Å²) in [6.07, 6.45) is 1.87. The fraction of sp³-hybridized carbons (Fsp3) is 0.412. The first kappa shape index (κ1) is 17.5. The largest absolute Gasteiger partial charge is 0.373 e. The summed E-state index contributed by atoms with van der Waals surface area (Å²) in [6, 6.07) is 4.95. The van der Waals surface area contributed by atoms with Gasteiger partial charge in [-0.15, -0.1) is 11.3 Å². The van der Waals surface area contributed by atoms with Crippen molar-refractivity contribution in [3.63, 3.8) is 0 Å². The van der Waals surface area contributed by atoms with Gasteiger partial charge in [-0.3, -0.25) is 15.0 Å². The molecule has 1 saturated heterocycles. The number of nitrogens with one attached hydrogen (secondary N) is 1. The van der Waals surface area contributed by atoms with Crippen LogP contribution in [0.5, 0.6) is 0 Å². The van der Waals surface area contributed by atoms with E-state index in [-0.39, 0.29) is 23.8 Å². The van der Waals surface area contributed by atoms with Crippen molar-refractivity contribution in [1.82, 2.24) is 14.9 Å². The predicted molar refractivity (Wildman–Crippen MR) is 94.3 cm³/mol. The van der Waals surface area contributed by atoms with Crippen molar-refractivity contribution >= 4 is 22.4 Å². The molecule has 1 fully saturated rings.